The molecule has 19 heavy (non-hydrogen) atoms. The number of rotatable bonds is 1. The highest BCUT2D eigenvalue weighted by atomic mass is 19.4. The van der Waals surface area contributed by atoms with Crippen molar-refractivity contribution in [3.8, 4) is 0 Å². The number of amides is 1. The monoisotopic (exact) mass is 295 g/mol. The predicted octanol–water partition coefficient (Wildman–Crippen LogP) is 0.528. The average Bonchev–Trinajstić information content (AvgIpc) is 2.54. The van der Waals surface area contributed by atoms with Gasteiger partial charge in [0.05, 0.1) is 6.54 Å². The van der Waals surface area contributed by atoms with Crippen LogP contribution in [0.4, 0.5) is 26.3 Å². The number of carbonyl (C=O) groups excluding carboxylic acids is 1. The summed E-state index contributed by atoms with van der Waals surface area (Å²) in [5.74, 6) is -4.79. The maximum atomic E-state index is 12.5. The van der Waals surface area contributed by atoms with Crippen LogP contribution in [0.2, 0.25) is 0 Å². The van der Waals surface area contributed by atoms with Crippen molar-refractivity contribution in [1.82, 2.24) is 4.90 Å². The zero-order chi connectivity index (χ0) is 15.2. The van der Waals surface area contributed by atoms with Crippen LogP contribution < -0.4 is 0 Å². The van der Waals surface area contributed by atoms with Crippen LogP contribution in [-0.2, 0) is 9.59 Å². The Labute approximate surface area is 101 Å². The number of carboxylic acid groups (broad SMARTS) is 1. The summed E-state index contributed by atoms with van der Waals surface area (Å²) in [6.45, 7) is -1.77. The van der Waals surface area contributed by atoms with Crippen molar-refractivity contribution < 1.29 is 46.1 Å². The van der Waals surface area contributed by atoms with E-state index in [0.717, 1.165) is 0 Å². The first-order valence-electron chi connectivity index (χ1n) is 4.69. The zero-order valence-corrected chi connectivity index (χ0v) is 8.92. The molecule has 1 aliphatic heterocycles. The second-order valence-corrected chi connectivity index (χ2v) is 4.02. The van der Waals surface area contributed by atoms with E-state index in [1.54, 1.807) is 0 Å². The third kappa shape index (κ3) is 2.74. The Balaban J connectivity index is 3.12. The maximum absolute atomic E-state index is 12.5. The number of likely N-dealkylation sites (tertiary alicyclic amines) is 1. The number of carboxylic acids is 1. The molecule has 110 valence electrons. The molecule has 1 aliphatic rings. The average molecular weight is 295 g/mol. The van der Waals surface area contributed by atoms with Crippen molar-refractivity contribution in [2.75, 3.05) is 6.54 Å². The van der Waals surface area contributed by atoms with Gasteiger partial charge in [0, 0.05) is 6.42 Å². The van der Waals surface area contributed by atoms with Gasteiger partial charge in [-0.15, -0.1) is 0 Å². The van der Waals surface area contributed by atoms with E-state index in [1.807, 2.05) is 0 Å². The lowest BCUT2D eigenvalue weighted by Gasteiger charge is -2.26. The predicted molar refractivity (Wildman–Crippen MR) is 44.8 cm³/mol. The van der Waals surface area contributed by atoms with Crippen LogP contribution in [0.3, 0.4) is 0 Å². The smallest absolute Gasteiger partial charge is 0.471 e. The van der Waals surface area contributed by atoms with Crippen LogP contribution in [0.5, 0.6) is 0 Å². The van der Waals surface area contributed by atoms with Gasteiger partial charge in [0.25, 0.3) is 0 Å². The van der Waals surface area contributed by atoms with Crippen molar-refractivity contribution in [2.45, 2.75) is 30.4 Å². The third-order valence-electron chi connectivity index (χ3n) is 2.66. The van der Waals surface area contributed by atoms with Crippen molar-refractivity contribution >= 4 is 11.9 Å². The minimum absolute atomic E-state index is 0.532. The van der Waals surface area contributed by atoms with Crippen LogP contribution in [0.1, 0.15) is 6.42 Å². The summed E-state index contributed by atoms with van der Waals surface area (Å²) in [6.07, 6.45) is -12.4. The zero-order valence-electron chi connectivity index (χ0n) is 8.92. The summed E-state index contributed by atoms with van der Waals surface area (Å²) in [5, 5.41) is 17.7. The molecule has 1 rings (SSSR count). The molecule has 0 radical (unpaired) electrons. The molecule has 1 heterocycles. The number of hydrogen-bond acceptors (Lipinski definition) is 3. The van der Waals surface area contributed by atoms with E-state index < -0.39 is 53.7 Å². The highest BCUT2D eigenvalue weighted by Gasteiger charge is 2.64. The molecular formula is C8H7F6NO4. The second-order valence-electron chi connectivity index (χ2n) is 4.02. The Kier molecular flexibility index (Phi) is 3.48. The molecule has 0 spiro atoms. The number of aliphatic carboxylic acids is 1. The first-order valence-corrected chi connectivity index (χ1v) is 4.69. The van der Waals surface area contributed by atoms with E-state index in [2.05, 4.69) is 0 Å². The van der Waals surface area contributed by atoms with Gasteiger partial charge in [-0.3, -0.25) is 4.79 Å². The van der Waals surface area contributed by atoms with Crippen LogP contribution in [0.15, 0.2) is 0 Å². The molecule has 0 bridgehead atoms. The van der Waals surface area contributed by atoms with E-state index in [-0.39, 0.29) is 0 Å². The Morgan fingerprint density at radius 1 is 1.16 bits per heavy atom. The summed E-state index contributed by atoms with van der Waals surface area (Å²) >= 11 is 0. The Bertz CT molecular complexity index is 405. The van der Waals surface area contributed by atoms with Crippen molar-refractivity contribution in [1.29, 1.82) is 0 Å². The Hall–Kier alpha value is -1.52. The molecule has 0 aromatic carbocycles. The number of halogens is 6. The quantitative estimate of drug-likeness (QED) is 0.692. The highest BCUT2D eigenvalue weighted by molar-refractivity contribution is 5.88. The van der Waals surface area contributed by atoms with Crippen molar-refractivity contribution in [3.05, 3.63) is 0 Å². The number of β-amino-alcohol motifs (C(OH)–C–C–N with tert-alkyl or cyclic N) is 1. The molecule has 1 saturated heterocycles. The van der Waals surface area contributed by atoms with E-state index in [1.165, 1.54) is 0 Å². The fourth-order valence-electron chi connectivity index (χ4n) is 1.69. The van der Waals surface area contributed by atoms with Gasteiger partial charge in [0.1, 0.15) is 6.04 Å². The van der Waals surface area contributed by atoms with E-state index in [9.17, 15) is 41.0 Å². The molecule has 2 N–H and O–H groups in total. The lowest BCUT2D eigenvalue weighted by atomic mass is 10.00. The van der Waals surface area contributed by atoms with E-state index in [4.69, 9.17) is 5.11 Å². The fourth-order valence-corrected chi connectivity index (χ4v) is 1.69. The third-order valence-corrected chi connectivity index (χ3v) is 2.66. The molecule has 1 fully saturated rings. The van der Waals surface area contributed by atoms with E-state index >= 15 is 0 Å². The molecule has 0 unspecified atom stereocenters. The molecular weight excluding hydrogens is 288 g/mol. The normalized spacial score (nSPS) is 28.6. The van der Waals surface area contributed by atoms with Crippen LogP contribution in [-0.4, -0.2) is 57.5 Å². The van der Waals surface area contributed by atoms with Gasteiger partial charge < -0.3 is 15.1 Å². The van der Waals surface area contributed by atoms with Crippen molar-refractivity contribution in [2.24, 2.45) is 0 Å². The second kappa shape index (κ2) is 4.25. The SMILES string of the molecule is O=C(O)[C@@H]1C[C@@](O)(C(F)(F)F)CN1C(=O)C(F)(F)F. The summed E-state index contributed by atoms with van der Waals surface area (Å²) in [7, 11) is 0. The lowest BCUT2D eigenvalue weighted by Crippen LogP contribution is -2.50. The molecule has 1 amide bonds. The minimum Gasteiger partial charge on any atom is -0.480 e. The first-order chi connectivity index (χ1) is 8.29. The van der Waals surface area contributed by atoms with Gasteiger partial charge in [0.15, 0.2) is 5.60 Å². The van der Waals surface area contributed by atoms with Gasteiger partial charge in [-0.2, -0.15) is 26.3 Å². The molecule has 0 aromatic rings. The molecule has 0 aliphatic carbocycles. The number of nitrogens with zero attached hydrogens (tertiary/aromatic N) is 1. The molecule has 2 atom stereocenters. The van der Waals surface area contributed by atoms with Gasteiger partial charge in [-0.25, -0.2) is 4.79 Å². The Morgan fingerprint density at radius 3 is 1.95 bits per heavy atom. The van der Waals surface area contributed by atoms with Gasteiger partial charge in [0.2, 0.25) is 0 Å². The summed E-state index contributed by atoms with van der Waals surface area (Å²) in [6, 6.07) is -2.39. The molecule has 0 saturated carbocycles. The maximum Gasteiger partial charge on any atom is 0.471 e. The van der Waals surface area contributed by atoms with Crippen molar-refractivity contribution in [3.63, 3.8) is 0 Å². The standard InChI is InChI=1S/C8H7F6NO4/c9-7(10,11)5(18)15-2-6(19,8(12,13)14)1-3(15)4(16)17/h3,19H,1-2H2,(H,16,17)/t3-,6-/m0/s1. The summed E-state index contributed by atoms with van der Waals surface area (Å²) < 4.78 is 73.8. The number of aliphatic hydroxyl groups is 1. The molecule has 11 heteroatoms. The lowest BCUT2D eigenvalue weighted by molar-refractivity contribution is -0.254. The first kappa shape index (κ1) is 15.5. The highest BCUT2D eigenvalue weighted by Crippen LogP contribution is 2.41. The van der Waals surface area contributed by atoms with Gasteiger partial charge in [-0.05, 0) is 0 Å². The van der Waals surface area contributed by atoms with Crippen LogP contribution in [0, 0.1) is 0 Å². The van der Waals surface area contributed by atoms with Crippen LogP contribution >= 0.6 is 0 Å². The summed E-state index contributed by atoms with van der Waals surface area (Å²) in [5.41, 5.74) is -3.67. The summed E-state index contributed by atoms with van der Waals surface area (Å²) in [4.78, 5) is 20.9. The van der Waals surface area contributed by atoms with Gasteiger partial charge >= 0.3 is 24.2 Å². The fraction of sp³-hybridized carbons (Fsp3) is 0.750. The topological polar surface area (TPSA) is 77.8 Å². The Morgan fingerprint density at radius 2 is 1.63 bits per heavy atom. The van der Waals surface area contributed by atoms with Gasteiger partial charge in [-0.1, -0.05) is 0 Å². The molecule has 0 aromatic heterocycles. The number of alkyl halides is 6. The van der Waals surface area contributed by atoms with Crippen LogP contribution in [0.25, 0.3) is 0 Å². The molecule has 5 nitrogen and oxygen atoms in total. The number of carbonyl (C=O) groups is 2. The van der Waals surface area contributed by atoms with E-state index in [0.29, 0.717) is 0 Å². The largest absolute Gasteiger partial charge is 0.480 e. The number of hydrogen-bond donors (Lipinski definition) is 2. The minimum atomic E-state index is -5.52.